The lowest BCUT2D eigenvalue weighted by Crippen LogP contribution is -2.39. The maximum Gasteiger partial charge on any atom is 0.492 e. The number of halogens is 8. The summed E-state index contributed by atoms with van der Waals surface area (Å²) >= 11 is 21.4. The molecule has 16 rings (SSSR count). The molecule has 720 valence electrons. The van der Waals surface area contributed by atoms with Crippen molar-refractivity contribution < 1.29 is 76.9 Å². The van der Waals surface area contributed by atoms with Crippen LogP contribution in [-0.2, 0) is 63.9 Å². The Bertz CT molecular complexity index is 5860. The van der Waals surface area contributed by atoms with Crippen LogP contribution in [0.5, 0.6) is 34.5 Å². The fourth-order valence-corrected chi connectivity index (χ4v) is 17.2. The normalized spacial score (nSPS) is 11.6. The first-order valence-corrected chi connectivity index (χ1v) is 53.4. The summed E-state index contributed by atoms with van der Waals surface area (Å²) in [6.45, 7) is 16.5. The molecular weight excluding hydrogens is 2140 g/mol. The minimum atomic E-state index is -4.64. The minimum Gasteiger partial charge on any atom is -0.497 e. The van der Waals surface area contributed by atoms with Crippen LogP contribution in [0.3, 0.4) is 0 Å². The number of aryl methyl sites for hydroxylation is 8. The van der Waals surface area contributed by atoms with Crippen molar-refractivity contribution in [1.29, 1.82) is 0 Å². The number of rotatable bonds is 23. The Morgan fingerprint density at radius 2 is 0.852 bits per heavy atom. The number of carbonyl (C=O) groups is 1. The molecule has 1 aliphatic rings. The Morgan fingerprint density at radius 3 is 1.18 bits per heavy atom. The van der Waals surface area contributed by atoms with Gasteiger partial charge in [-0.05, 0) is 224 Å². The number of nitrogens with zero attached hydrogens (tertiary/aromatic N) is 12. The van der Waals surface area contributed by atoms with Crippen LogP contribution < -0.4 is 55.2 Å². The van der Waals surface area contributed by atoms with Gasteiger partial charge < -0.3 is 80.2 Å². The molecule has 0 amide bonds. The smallest absolute Gasteiger partial charge is 0.492 e. The molecule has 0 spiro atoms. The summed E-state index contributed by atoms with van der Waals surface area (Å²) in [5, 5.41) is 80.6. The Morgan fingerprint density at radius 1 is 0.511 bits per heavy atom. The molecule has 9 aromatic heterocycles. The Kier molecular flexibility index (Phi) is 44.7. The van der Waals surface area contributed by atoms with E-state index in [0.29, 0.717) is 40.7 Å². The minimum absolute atomic E-state index is 0.0264. The predicted octanol–water partition coefficient (Wildman–Crippen LogP) is 21.4. The SMILES string of the molecule is BrP(Br)Br.CC(C)(O)C1CCNCC1.CCc1ccc(-c2c(C)sc3cnc(Nc4cnn(C)c4)nc23)c(OC)c1.CCc1ccc(B(O)O)c(OC)c1.COc1cc(CBr)ccc1-c1c(C)sc2cnc(Nc3cnn(C)c3)nc12.COc1cc(CO)ccc1-c1c(C)sc2cnc(Nc3cnn(C)c3)nc12.COc1cc(CO)ccc1Br.COc1cccc(CO)c1.O=CC(F)(F)F. The standard InChI is InChI=1S/C20H21N5OS.C19H18BrN5OS.C19H19N5O2S.C9H13BO3.C8H9BrO2.C8H17NO.C8H10O2.C2HF3O.Br3P/c1-5-13-6-7-15(16(8-13)26-4)18-12(2)27-17-10-21-20(24-19(17)18)23-14-9-22-25(3)11-14;1-11-17(14-5-4-12(7-20)6-15(14)26-3)18-16(27-11)9-21-19(24-18)23-13-8-22-25(2)10-13;1-11-17(14-5-4-12(10-25)6-15(14)26-3)18-16(27-11)8-20-19(23-18)22-13-7-21-24(2)9-13;1-3-7-4-5-8(10(11)12)9(6-7)13-2;1-11-8-4-6(5-10)2-3-7(8)9;1-8(2,10)7-3-5-9-6-4-7;1-10-8-4-2-3-7(5-8)6-9;3-2(4,5)1-6;1-4(2)3/h6-11H,5H2,1-4H3,(H,21,23,24);4-6,8-10H,7H2,1-3H3,(H,21,23,24);4-9,25H,10H2,1-3H3,(H,20,22,23);4-6,11-12H,3H2,1-2H3;2-4,10H,5H2,1H3;7,9-10H,3-6H2,1-2H3;2-5,9H,6H2,1H3;1H;. The summed E-state index contributed by atoms with van der Waals surface area (Å²) in [5.74, 6) is 6.59. The summed E-state index contributed by atoms with van der Waals surface area (Å²) in [6.07, 6.45) is 14.8. The van der Waals surface area contributed by atoms with Crippen molar-refractivity contribution in [2.45, 2.75) is 111 Å². The third-order valence-electron chi connectivity index (χ3n) is 20.2. The van der Waals surface area contributed by atoms with Crippen LogP contribution in [0.4, 0.5) is 48.1 Å². The van der Waals surface area contributed by atoms with Crippen molar-refractivity contribution in [3.05, 3.63) is 224 Å². The summed E-state index contributed by atoms with van der Waals surface area (Å²) in [5.41, 5.74) is 17.5. The summed E-state index contributed by atoms with van der Waals surface area (Å²) in [6, 6.07) is 36.5. The van der Waals surface area contributed by atoms with E-state index < -0.39 is 25.2 Å². The van der Waals surface area contributed by atoms with Crippen molar-refractivity contribution in [1.82, 2.24) is 64.6 Å². The third-order valence-corrected chi connectivity index (χ3v) is 24.6. The van der Waals surface area contributed by atoms with Gasteiger partial charge in [-0.25, -0.2) is 29.9 Å². The van der Waals surface area contributed by atoms with Gasteiger partial charge in [0, 0.05) is 98.5 Å². The molecule has 0 saturated carbocycles. The number of aromatic nitrogens is 12. The van der Waals surface area contributed by atoms with Crippen molar-refractivity contribution in [2.24, 2.45) is 27.1 Å². The van der Waals surface area contributed by atoms with Gasteiger partial charge in [-0.1, -0.05) is 96.5 Å². The van der Waals surface area contributed by atoms with Crippen LogP contribution in [-0.4, -0.2) is 171 Å². The number of fused-ring (bicyclic) bond motifs is 3. The molecule has 10 N–H and O–H groups in total. The molecule has 1 aliphatic heterocycles. The molecule has 29 nitrogen and oxygen atoms in total. The molecule has 135 heavy (non-hydrogen) atoms. The van der Waals surface area contributed by atoms with Gasteiger partial charge in [0.15, 0.2) is 0 Å². The van der Waals surface area contributed by atoms with E-state index in [2.05, 4.69) is 194 Å². The van der Waals surface area contributed by atoms with Crippen molar-refractivity contribution >= 4 is 201 Å². The number of hydrogen-bond donors (Lipinski definition) is 10. The lowest BCUT2D eigenvalue weighted by molar-refractivity contribution is -0.156. The highest BCUT2D eigenvalue weighted by molar-refractivity contribution is 9.93. The molecule has 15 aromatic rings. The fourth-order valence-electron chi connectivity index (χ4n) is 13.5. The Hall–Kier alpha value is -9.66. The van der Waals surface area contributed by atoms with Crippen LogP contribution >= 0.6 is 116 Å². The molecule has 42 heteroatoms. The number of benzene rings is 6. The molecule has 6 aromatic carbocycles. The van der Waals surface area contributed by atoms with E-state index in [4.69, 9.17) is 68.4 Å². The van der Waals surface area contributed by atoms with Gasteiger partial charge in [0.25, 0.3) is 0 Å². The molecule has 0 bridgehead atoms. The van der Waals surface area contributed by atoms with Gasteiger partial charge in [-0.3, -0.25) is 18.8 Å². The first kappa shape index (κ1) is 111. The number of nitrogens with one attached hydrogen (secondary N) is 4. The number of aliphatic hydroxyl groups is 4. The number of ether oxygens (including phenoxy) is 6. The second-order valence-electron chi connectivity index (χ2n) is 30.1. The van der Waals surface area contributed by atoms with Crippen molar-refractivity contribution in [3.63, 3.8) is 0 Å². The highest BCUT2D eigenvalue weighted by Crippen LogP contribution is 2.59. The van der Waals surface area contributed by atoms with Crippen LogP contribution in [0.1, 0.15) is 88.5 Å². The summed E-state index contributed by atoms with van der Waals surface area (Å²) in [7, 11) is 13.9. The average molecular weight is 2250 g/mol. The number of anilines is 6. The van der Waals surface area contributed by atoms with E-state index in [1.807, 2.05) is 140 Å². The maximum absolute atomic E-state index is 10.4. The summed E-state index contributed by atoms with van der Waals surface area (Å²) in [4.78, 5) is 39.8. The third kappa shape index (κ3) is 33.3. The zero-order chi connectivity index (χ0) is 98.8. The van der Waals surface area contributed by atoms with Crippen molar-refractivity contribution in [2.75, 3.05) is 71.7 Å². The fraction of sp³-hybridized carbons (Fsp3) is 0.312. The van der Waals surface area contributed by atoms with E-state index in [-0.39, 0.29) is 23.8 Å². The highest BCUT2D eigenvalue weighted by atomic mass is 80.0. The largest absolute Gasteiger partial charge is 0.497 e. The van der Waals surface area contributed by atoms with E-state index in [1.165, 1.54) is 28.0 Å². The van der Waals surface area contributed by atoms with E-state index >= 15 is 0 Å². The summed E-state index contributed by atoms with van der Waals surface area (Å²) < 4.78 is 72.2. The van der Waals surface area contributed by atoms with E-state index in [0.717, 1.165) is 180 Å². The number of methoxy groups -OCH3 is 6. The van der Waals surface area contributed by atoms with Crippen molar-refractivity contribution in [3.8, 4) is 67.9 Å². The van der Waals surface area contributed by atoms with Gasteiger partial charge in [0.05, 0.1) is 157 Å². The van der Waals surface area contributed by atoms with E-state index in [1.54, 1.807) is 120 Å². The highest BCUT2D eigenvalue weighted by Gasteiger charge is 2.29. The van der Waals surface area contributed by atoms with Gasteiger partial charge in [0.2, 0.25) is 24.1 Å². The number of carbonyl (C=O) groups excluding carboxylic acids is 1. The Labute approximate surface area is 836 Å². The van der Waals surface area contributed by atoms with Crippen LogP contribution in [0.25, 0.3) is 64.0 Å². The zero-order valence-electron chi connectivity index (χ0n) is 77.1. The predicted molar refractivity (Wildman–Crippen MR) is 555 cm³/mol. The number of piperidine rings is 1. The molecular formula is C93H108BBr5F3N16O13PS3. The number of alkyl halides is 4. The quantitative estimate of drug-likeness (QED) is 0.0123. The molecule has 1 fully saturated rings. The average Bonchev–Trinajstić information content (AvgIpc) is 1.63. The number of aldehydes is 1. The Balaban J connectivity index is 0.000000197. The lowest BCUT2D eigenvalue weighted by Gasteiger charge is -2.32. The maximum atomic E-state index is 10.4. The van der Waals surface area contributed by atoms with Gasteiger partial charge >= 0.3 is 13.3 Å². The molecule has 0 atom stereocenters. The van der Waals surface area contributed by atoms with E-state index in [9.17, 15) is 23.4 Å². The van der Waals surface area contributed by atoms with Gasteiger partial charge in [-0.2, -0.15) is 28.5 Å². The monoisotopic (exact) mass is 2250 g/mol. The van der Waals surface area contributed by atoms with Crippen LogP contribution in [0.15, 0.2) is 176 Å². The number of thiophene rings is 3. The lowest BCUT2D eigenvalue weighted by atomic mass is 9.79. The molecule has 10 heterocycles. The first-order valence-electron chi connectivity index (χ1n) is 41.7. The van der Waals surface area contributed by atoms with Gasteiger partial charge in [0.1, 0.15) is 38.5 Å². The number of hydrogen-bond acceptors (Lipinski definition) is 29. The van der Waals surface area contributed by atoms with Gasteiger partial charge in [-0.15, -0.1) is 34.0 Å². The molecule has 1 saturated heterocycles. The molecule has 0 aliphatic carbocycles. The second kappa shape index (κ2) is 54.5. The first-order chi connectivity index (χ1) is 64.5. The zero-order valence-corrected chi connectivity index (χ0v) is 88.3. The van der Waals surface area contributed by atoms with Crippen LogP contribution in [0, 0.1) is 26.7 Å². The molecule has 0 unspecified atom stereocenters. The van der Waals surface area contributed by atoms with Crippen LogP contribution in [0.2, 0.25) is 0 Å². The second-order valence-corrected chi connectivity index (χ2v) is 50.6. The number of aliphatic hydroxyl groups excluding tert-OH is 3. The molecule has 0 radical (unpaired) electrons. The topological polar surface area (TPSA) is 373 Å².